The van der Waals surface area contributed by atoms with Gasteiger partial charge in [0.15, 0.2) is 0 Å². The number of benzene rings is 1. The van der Waals surface area contributed by atoms with Crippen LogP contribution in [0, 0.1) is 6.92 Å². The van der Waals surface area contributed by atoms with Gasteiger partial charge in [0.05, 0.1) is 13.4 Å². The molecule has 23 heavy (non-hydrogen) atoms. The van der Waals surface area contributed by atoms with Crippen LogP contribution < -0.4 is 4.74 Å². The van der Waals surface area contributed by atoms with Gasteiger partial charge in [-0.2, -0.15) is 0 Å². The van der Waals surface area contributed by atoms with Crippen molar-refractivity contribution >= 4 is 22.4 Å². The second-order valence-electron chi connectivity index (χ2n) is 6.18. The van der Waals surface area contributed by atoms with Crippen LogP contribution in [0.1, 0.15) is 37.3 Å². The number of furan rings is 1. The largest absolute Gasteiger partial charge is 0.496 e. The molecule has 3 rings (SSSR count). The van der Waals surface area contributed by atoms with E-state index in [1.807, 2.05) is 30.9 Å². The van der Waals surface area contributed by atoms with Crippen LogP contribution in [0.2, 0.25) is 0 Å². The number of aryl methyl sites for hydroxylation is 1. The molecule has 2 aromatic rings. The van der Waals surface area contributed by atoms with Crippen molar-refractivity contribution in [3.63, 3.8) is 0 Å². The normalized spacial score (nSPS) is 16.0. The van der Waals surface area contributed by atoms with Crippen LogP contribution in [0.25, 0.3) is 16.5 Å². The highest BCUT2D eigenvalue weighted by Gasteiger charge is 2.16. The Morgan fingerprint density at radius 1 is 1.26 bits per heavy atom. The van der Waals surface area contributed by atoms with E-state index in [1.54, 1.807) is 19.4 Å². The lowest BCUT2D eigenvalue weighted by molar-refractivity contribution is -0.126. The van der Waals surface area contributed by atoms with Gasteiger partial charge in [0, 0.05) is 36.2 Å². The van der Waals surface area contributed by atoms with Gasteiger partial charge < -0.3 is 14.1 Å². The molecule has 4 heteroatoms. The average molecular weight is 313 g/mol. The Morgan fingerprint density at radius 3 is 2.70 bits per heavy atom. The first-order valence-corrected chi connectivity index (χ1v) is 8.13. The molecule has 2 heterocycles. The summed E-state index contributed by atoms with van der Waals surface area (Å²) in [6.45, 7) is 5.69. The van der Waals surface area contributed by atoms with Crippen molar-refractivity contribution in [2.24, 2.45) is 0 Å². The van der Waals surface area contributed by atoms with Gasteiger partial charge >= 0.3 is 0 Å². The number of methoxy groups -OCH3 is 1. The van der Waals surface area contributed by atoms with Gasteiger partial charge in [-0.15, -0.1) is 0 Å². The van der Waals surface area contributed by atoms with Gasteiger partial charge in [-0.25, -0.2) is 0 Å². The summed E-state index contributed by atoms with van der Waals surface area (Å²) in [5.74, 6) is 0.820. The van der Waals surface area contributed by atoms with Crippen LogP contribution in [-0.4, -0.2) is 31.0 Å². The Morgan fingerprint density at radius 2 is 2.00 bits per heavy atom. The molecule has 1 aliphatic heterocycles. The predicted octanol–water partition coefficient (Wildman–Crippen LogP) is 4.17. The van der Waals surface area contributed by atoms with Gasteiger partial charge in [-0.1, -0.05) is 0 Å². The number of piperidine rings is 1. The molecule has 122 valence electrons. The molecular weight excluding hydrogens is 290 g/mol. The summed E-state index contributed by atoms with van der Waals surface area (Å²) in [5, 5.41) is 1.05. The number of fused-ring (bicyclic) bond motifs is 1. The Kier molecular flexibility index (Phi) is 4.42. The molecule has 0 atom stereocenters. The highest BCUT2D eigenvalue weighted by Crippen LogP contribution is 2.33. The van der Waals surface area contributed by atoms with Crippen LogP contribution >= 0.6 is 0 Å². The fraction of sp³-hybridized carbons (Fsp3) is 0.421. The number of allylic oxidation sites excluding steroid dienone is 1. The van der Waals surface area contributed by atoms with E-state index in [0.717, 1.165) is 59.3 Å². The maximum absolute atomic E-state index is 12.5. The van der Waals surface area contributed by atoms with Crippen molar-refractivity contribution in [1.29, 1.82) is 0 Å². The van der Waals surface area contributed by atoms with E-state index in [2.05, 4.69) is 0 Å². The second kappa shape index (κ2) is 6.49. The third-order valence-corrected chi connectivity index (χ3v) is 4.52. The molecule has 1 aliphatic rings. The first-order chi connectivity index (χ1) is 11.1. The van der Waals surface area contributed by atoms with Crippen molar-refractivity contribution in [1.82, 2.24) is 4.90 Å². The summed E-state index contributed by atoms with van der Waals surface area (Å²) in [6, 6.07) is 3.93. The zero-order valence-corrected chi connectivity index (χ0v) is 14.0. The highest BCUT2D eigenvalue weighted by molar-refractivity contribution is 5.97. The molecule has 1 saturated heterocycles. The first kappa shape index (κ1) is 15.7. The van der Waals surface area contributed by atoms with E-state index in [0.29, 0.717) is 0 Å². The maximum atomic E-state index is 12.5. The zero-order valence-electron chi connectivity index (χ0n) is 14.0. The molecule has 1 aromatic carbocycles. The number of likely N-dealkylation sites (tertiary alicyclic amines) is 1. The molecule has 1 aromatic heterocycles. The minimum Gasteiger partial charge on any atom is -0.496 e. The van der Waals surface area contributed by atoms with E-state index in [-0.39, 0.29) is 5.91 Å². The Balaban J connectivity index is 1.95. The minimum absolute atomic E-state index is 0.0910. The lowest BCUT2D eigenvalue weighted by atomic mass is 10.0. The third-order valence-electron chi connectivity index (χ3n) is 4.52. The van der Waals surface area contributed by atoms with Crippen LogP contribution in [0.4, 0.5) is 0 Å². The number of rotatable bonds is 3. The zero-order chi connectivity index (χ0) is 16.4. The topological polar surface area (TPSA) is 42.7 Å². The average Bonchev–Trinajstić information content (AvgIpc) is 2.94. The SMILES string of the molecule is COc1cc2occ(C)c2cc1/C(C)=C/C(=O)N1CCCCC1. The molecule has 0 saturated carbocycles. The Bertz CT molecular complexity index is 751. The molecule has 4 nitrogen and oxygen atoms in total. The number of hydrogen-bond acceptors (Lipinski definition) is 3. The molecule has 0 N–H and O–H groups in total. The third kappa shape index (κ3) is 3.11. The molecular formula is C19H23NO3. The summed E-state index contributed by atoms with van der Waals surface area (Å²) in [4.78, 5) is 14.4. The van der Waals surface area contributed by atoms with Gasteiger partial charge in [-0.05, 0) is 50.3 Å². The Hall–Kier alpha value is -2.23. The second-order valence-corrected chi connectivity index (χ2v) is 6.18. The van der Waals surface area contributed by atoms with Crippen LogP contribution in [0.5, 0.6) is 5.75 Å². The number of hydrogen-bond donors (Lipinski definition) is 0. The van der Waals surface area contributed by atoms with E-state index < -0.39 is 0 Å². The fourth-order valence-electron chi connectivity index (χ4n) is 3.13. The predicted molar refractivity (Wildman–Crippen MR) is 91.6 cm³/mol. The van der Waals surface area contributed by atoms with Crippen LogP contribution in [-0.2, 0) is 4.79 Å². The van der Waals surface area contributed by atoms with E-state index >= 15 is 0 Å². The summed E-state index contributed by atoms with van der Waals surface area (Å²) >= 11 is 0. The minimum atomic E-state index is 0.0910. The first-order valence-electron chi connectivity index (χ1n) is 8.13. The van der Waals surface area contributed by atoms with Gasteiger partial charge in [0.2, 0.25) is 5.91 Å². The molecule has 0 unspecified atom stereocenters. The monoisotopic (exact) mass is 313 g/mol. The van der Waals surface area contributed by atoms with Gasteiger partial charge in [0.1, 0.15) is 11.3 Å². The summed E-state index contributed by atoms with van der Waals surface area (Å²) in [7, 11) is 1.64. The molecule has 0 aliphatic carbocycles. The highest BCUT2D eigenvalue weighted by atomic mass is 16.5. The van der Waals surface area contributed by atoms with Crippen LogP contribution in [0.15, 0.2) is 28.9 Å². The maximum Gasteiger partial charge on any atom is 0.246 e. The van der Waals surface area contributed by atoms with Crippen molar-refractivity contribution in [2.75, 3.05) is 20.2 Å². The Labute approximate surface area is 136 Å². The van der Waals surface area contributed by atoms with Crippen LogP contribution in [0.3, 0.4) is 0 Å². The van der Waals surface area contributed by atoms with Crippen molar-refractivity contribution < 1.29 is 13.9 Å². The lowest BCUT2D eigenvalue weighted by Gasteiger charge is -2.25. The molecule has 1 fully saturated rings. The number of ether oxygens (including phenoxy) is 1. The summed E-state index contributed by atoms with van der Waals surface area (Å²) in [5.41, 5.74) is 3.74. The smallest absolute Gasteiger partial charge is 0.246 e. The molecule has 1 amide bonds. The lowest BCUT2D eigenvalue weighted by Crippen LogP contribution is -2.34. The van der Waals surface area contributed by atoms with E-state index in [1.165, 1.54) is 6.42 Å². The fourth-order valence-corrected chi connectivity index (χ4v) is 3.13. The molecule has 0 bridgehead atoms. The summed E-state index contributed by atoms with van der Waals surface area (Å²) in [6.07, 6.45) is 6.89. The van der Waals surface area contributed by atoms with Gasteiger partial charge in [-0.3, -0.25) is 4.79 Å². The molecule has 0 spiro atoms. The number of nitrogens with zero attached hydrogens (tertiary/aromatic N) is 1. The van der Waals surface area contributed by atoms with Crippen molar-refractivity contribution in [2.45, 2.75) is 33.1 Å². The number of amides is 1. The number of carbonyl (C=O) groups is 1. The summed E-state index contributed by atoms with van der Waals surface area (Å²) < 4.78 is 11.0. The van der Waals surface area contributed by atoms with Gasteiger partial charge in [0.25, 0.3) is 0 Å². The van der Waals surface area contributed by atoms with Crippen molar-refractivity contribution in [3.05, 3.63) is 35.6 Å². The van der Waals surface area contributed by atoms with Crippen molar-refractivity contribution in [3.8, 4) is 5.75 Å². The number of carbonyl (C=O) groups excluding carboxylic acids is 1. The van der Waals surface area contributed by atoms with E-state index in [9.17, 15) is 4.79 Å². The standard InChI is InChI=1S/C19H23NO3/c1-13(9-19(21)20-7-5-4-6-8-20)15-10-16-14(2)12-23-18(16)11-17(15)22-3/h9-12H,4-8H2,1-3H3/b13-9+. The quantitative estimate of drug-likeness (QED) is 0.799. The molecule has 0 radical (unpaired) electrons. The van der Waals surface area contributed by atoms with E-state index in [4.69, 9.17) is 9.15 Å².